The lowest BCUT2D eigenvalue weighted by Crippen LogP contribution is -2.32. The topological polar surface area (TPSA) is 124 Å². The summed E-state index contributed by atoms with van der Waals surface area (Å²) >= 11 is 1.41. The molecule has 0 atom stereocenters. The second-order valence-electron chi connectivity index (χ2n) is 21.4. The highest BCUT2D eigenvalue weighted by molar-refractivity contribution is 7.20. The minimum atomic E-state index is -0.308. The molecule has 0 spiro atoms. The van der Waals surface area contributed by atoms with E-state index in [-0.39, 0.29) is 24.6 Å². The Balaban J connectivity index is 1.79. The predicted octanol–water partition coefficient (Wildman–Crippen LogP) is 16.2. The number of rotatable bonds is 61. The molecule has 1 heterocycles. The molecule has 0 bridgehead atoms. The van der Waals surface area contributed by atoms with Gasteiger partial charge in [-0.1, -0.05) is 143 Å². The number of carbonyl (C=O) groups is 2. The number of benzene rings is 1. The van der Waals surface area contributed by atoms with Gasteiger partial charge in [-0.15, -0.1) is 11.3 Å². The second kappa shape index (κ2) is 53.9. The lowest BCUT2D eigenvalue weighted by molar-refractivity contribution is -0.143. The average Bonchev–Trinajstić information content (AvgIpc) is 3.94. The Morgan fingerprint density at radius 1 is 0.385 bits per heavy atom. The molecule has 1 aromatic carbocycles. The summed E-state index contributed by atoms with van der Waals surface area (Å²) in [5.41, 5.74) is 0. The number of esters is 1. The Kier molecular flexibility index (Phi) is 49.5. The molecule has 0 N–H and O–H groups in total. The fraction of sp³-hybridized carbons (Fsp3) is 0.844. The molecule has 0 aliphatic carbocycles. The first-order valence-corrected chi connectivity index (χ1v) is 32.5. The van der Waals surface area contributed by atoms with Crippen LogP contribution in [0.5, 0.6) is 11.5 Å². The summed E-state index contributed by atoms with van der Waals surface area (Å²) in [6.07, 6.45) is 37.1. The van der Waals surface area contributed by atoms with E-state index in [0.29, 0.717) is 43.4 Å². The van der Waals surface area contributed by atoms with E-state index in [2.05, 4.69) is 30.6 Å². The van der Waals surface area contributed by atoms with Gasteiger partial charge in [0.05, 0.1) is 32.1 Å². The molecule has 0 aliphatic rings. The molecular formula is C64H116N2O11S. The minimum Gasteiger partial charge on any atom is -0.493 e. The van der Waals surface area contributed by atoms with Crippen LogP contribution in [0.1, 0.15) is 242 Å². The molecule has 2 rings (SSSR count). The van der Waals surface area contributed by atoms with Crippen LogP contribution in [0.4, 0.5) is 0 Å². The molecule has 14 heteroatoms. The standard InChI is InChI=1S/C64H116N2O11S/c1-6-9-12-29-45-71-55-74-48-32-21-16-15-17-25-39-65(42-28-20-24-35-51-77-64(68)38-37-59(67)63-53-58-52-60(69-4)61(70-5)54-62(58)78-63)43-36-44-66(40-26-18-22-33-49-75-56-72-46-30-13-10-7-2)41-27-19-23-34-50-76-57-73-47-31-14-11-8-3/h52-54H,6-51,55-57H2,1-5H3. The Bertz CT molecular complexity index is 1580. The molecular weight excluding hydrogens is 1000 g/mol. The van der Waals surface area contributed by atoms with Gasteiger partial charge in [0.1, 0.15) is 20.4 Å². The van der Waals surface area contributed by atoms with Crippen LogP contribution in [0.2, 0.25) is 0 Å². The summed E-state index contributed by atoms with van der Waals surface area (Å²) in [6.45, 7) is 20.0. The van der Waals surface area contributed by atoms with Crippen molar-refractivity contribution in [3.05, 3.63) is 23.1 Å². The highest BCUT2D eigenvalue weighted by Gasteiger charge is 2.16. The summed E-state index contributed by atoms with van der Waals surface area (Å²) in [5, 5.41) is 0.922. The van der Waals surface area contributed by atoms with Gasteiger partial charge in [0.15, 0.2) is 17.3 Å². The summed E-state index contributed by atoms with van der Waals surface area (Å²) in [6, 6.07) is 5.63. The van der Waals surface area contributed by atoms with Crippen LogP contribution in [-0.2, 0) is 38.0 Å². The number of methoxy groups -OCH3 is 2. The van der Waals surface area contributed by atoms with E-state index in [1.165, 1.54) is 146 Å². The third kappa shape index (κ3) is 40.7. The number of carbonyl (C=O) groups excluding carboxylic acids is 2. The van der Waals surface area contributed by atoms with Gasteiger partial charge in [0.25, 0.3) is 0 Å². The number of ketones is 1. The fourth-order valence-electron chi connectivity index (χ4n) is 9.54. The van der Waals surface area contributed by atoms with E-state index < -0.39 is 0 Å². The van der Waals surface area contributed by atoms with Crippen LogP contribution in [0.25, 0.3) is 10.1 Å². The number of Topliss-reactive ketones (excluding diaryl/α,β-unsaturated/α-hetero) is 1. The van der Waals surface area contributed by atoms with Gasteiger partial charge in [0, 0.05) is 56.8 Å². The molecule has 78 heavy (non-hydrogen) atoms. The number of thiophene rings is 1. The van der Waals surface area contributed by atoms with E-state index in [0.717, 1.165) is 153 Å². The van der Waals surface area contributed by atoms with Gasteiger partial charge < -0.3 is 52.4 Å². The van der Waals surface area contributed by atoms with E-state index in [4.69, 9.17) is 42.6 Å². The first-order valence-electron chi connectivity index (χ1n) is 31.7. The van der Waals surface area contributed by atoms with Crippen LogP contribution >= 0.6 is 11.3 Å². The molecule has 0 unspecified atom stereocenters. The third-order valence-electron chi connectivity index (χ3n) is 14.4. The maximum absolute atomic E-state index is 13.0. The normalized spacial score (nSPS) is 11.7. The molecule has 0 saturated heterocycles. The van der Waals surface area contributed by atoms with Crippen molar-refractivity contribution in [3.63, 3.8) is 0 Å². The Morgan fingerprint density at radius 3 is 1.10 bits per heavy atom. The van der Waals surface area contributed by atoms with Crippen molar-refractivity contribution in [2.45, 2.75) is 233 Å². The maximum Gasteiger partial charge on any atom is 0.306 e. The van der Waals surface area contributed by atoms with Gasteiger partial charge in [0.2, 0.25) is 0 Å². The zero-order valence-corrected chi connectivity index (χ0v) is 51.5. The SMILES string of the molecule is CCCCCCOCOCCCCCCCCN(CCCCCCOC(=O)CCC(=O)c1cc2cc(OC)c(OC)cc2s1)CCCN(CCCCCCOCOCCCCCC)CCCCCCOCOCCCCCC. The lowest BCUT2D eigenvalue weighted by Gasteiger charge is -2.26. The van der Waals surface area contributed by atoms with E-state index in [1.807, 2.05) is 18.2 Å². The van der Waals surface area contributed by atoms with Crippen LogP contribution in [0.15, 0.2) is 18.2 Å². The minimum absolute atomic E-state index is 0.0525. The molecule has 0 saturated carbocycles. The van der Waals surface area contributed by atoms with Gasteiger partial charge in [-0.3, -0.25) is 9.59 Å². The van der Waals surface area contributed by atoms with Crippen molar-refractivity contribution in [3.8, 4) is 11.5 Å². The number of unbranched alkanes of at least 4 members (excludes halogenated alkanes) is 23. The Labute approximate surface area is 480 Å². The first kappa shape index (κ1) is 71.7. The largest absolute Gasteiger partial charge is 0.493 e. The fourth-order valence-corrected chi connectivity index (χ4v) is 10.6. The van der Waals surface area contributed by atoms with Crippen LogP contribution in [0, 0.1) is 0 Å². The van der Waals surface area contributed by atoms with Gasteiger partial charge in [-0.05, 0) is 134 Å². The van der Waals surface area contributed by atoms with Gasteiger partial charge >= 0.3 is 5.97 Å². The molecule has 13 nitrogen and oxygen atoms in total. The zero-order valence-electron chi connectivity index (χ0n) is 50.7. The number of hydrogen-bond donors (Lipinski definition) is 0. The summed E-state index contributed by atoms with van der Waals surface area (Å²) in [5.74, 6) is 0.893. The number of hydrogen-bond acceptors (Lipinski definition) is 14. The van der Waals surface area contributed by atoms with Crippen molar-refractivity contribution in [2.24, 2.45) is 0 Å². The smallest absolute Gasteiger partial charge is 0.306 e. The predicted molar refractivity (Wildman–Crippen MR) is 323 cm³/mol. The number of ether oxygens (including phenoxy) is 9. The van der Waals surface area contributed by atoms with Crippen molar-refractivity contribution in [1.82, 2.24) is 9.80 Å². The average molecular weight is 1120 g/mol. The lowest BCUT2D eigenvalue weighted by atomic mass is 10.1. The molecule has 1 aromatic heterocycles. The van der Waals surface area contributed by atoms with Gasteiger partial charge in [-0.2, -0.15) is 0 Å². The van der Waals surface area contributed by atoms with Gasteiger partial charge in [-0.25, -0.2) is 0 Å². The highest BCUT2D eigenvalue weighted by atomic mass is 32.1. The van der Waals surface area contributed by atoms with Crippen molar-refractivity contribution in [1.29, 1.82) is 0 Å². The van der Waals surface area contributed by atoms with E-state index in [1.54, 1.807) is 14.2 Å². The molecule has 0 amide bonds. The summed E-state index contributed by atoms with van der Waals surface area (Å²) in [4.78, 5) is 31.7. The molecule has 0 fully saturated rings. The van der Waals surface area contributed by atoms with Crippen molar-refractivity contribution < 1.29 is 52.2 Å². The molecule has 0 radical (unpaired) electrons. The number of nitrogens with zero attached hydrogens (tertiary/aromatic N) is 2. The zero-order chi connectivity index (χ0) is 56.0. The van der Waals surface area contributed by atoms with E-state index in [9.17, 15) is 9.59 Å². The van der Waals surface area contributed by atoms with E-state index >= 15 is 0 Å². The van der Waals surface area contributed by atoms with Crippen LogP contribution < -0.4 is 9.47 Å². The van der Waals surface area contributed by atoms with Crippen LogP contribution in [-0.4, -0.2) is 142 Å². The summed E-state index contributed by atoms with van der Waals surface area (Å²) in [7, 11) is 3.20. The molecule has 2 aromatic rings. The Hall–Kier alpha value is -2.40. The number of fused-ring (bicyclic) bond motifs is 1. The third-order valence-corrected chi connectivity index (χ3v) is 15.5. The highest BCUT2D eigenvalue weighted by Crippen LogP contribution is 2.37. The van der Waals surface area contributed by atoms with Crippen molar-refractivity contribution in [2.75, 3.05) is 120 Å². The summed E-state index contributed by atoms with van der Waals surface area (Å²) < 4.78 is 51.6. The first-order chi connectivity index (χ1) is 38.4. The molecule has 0 aliphatic heterocycles. The second-order valence-corrected chi connectivity index (χ2v) is 22.5. The van der Waals surface area contributed by atoms with Crippen LogP contribution in [0.3, 0.4) is 0 Å². The Morgan fingerprint density at radius 2 is 0.718 bits per heavy atom. The van der Waals surface area contributed by atoms with Crippen molar-refractivity contribution >= 4 is 33.2 Å². The quantitative estimate of drug-likeness (QED) is 0.0270. The molecule has 454 valence electrons. The monoisotopic (exact) mass is 1120 g/mol. The maximum atomic E-state index is 13.0.